The number of rotatable bonds is 7. The lowest BCUT2D eigenvalue weighted by Gasteiger charge is -2.12. The minimum atomic E-state index is -0.252. The number of fused-ring (bicyclic) bond motifs is 1. The van der Waals surface area contributed by atoms with Gasteiger partial charge in [0.05, 0.1) is 5.25 Å². The number of nitrogens with one attached hydrogen (secondary N) is 1. The maximum absolute atomic E-state index is 12.3. The first-order valence-corrected chi connectivity index (χ1v) is 9.23. The van der Waals surface area contributed by atoms with Gasteiger partial charge in [-0.1, -0.05) is 42.2 Å². The number of nitrogens with zero attached hydrogens (tertiary/aromatic N) is 3. The molecule has 0 saturated heterocycles. The molecule has 0 aliphatic rings. The Morgan fingerprint density at radius 1 is 1.42 bits per heavy atom. The summed E-state index contributed by atoms with van der Waals surface area (Å²) in [6, 6.07) is 7.55. The molecular formula is C15H17N5O2S2. The summed E-state index contributed by atoms with van der Waals surface area (Å²) in [4.78, 5) is 16.7. The van der Waals surface area contributed by atoms with Crippen LogP contribution in [-0.2, 0) is 11.2 Å². The van der Waals surface area contributed by atoms with Gasteiger partial charge in [-0.2, -0.15) is 0 Å². The Labute approximate surface area is 147 Å². The van der Waals surface area contributed by atoms with Crippen LogP contribution in [0.2, 0.25) is 0 Å². The number of hydrogen-bond donors (Lipinski definition) is 2. The third kappa shape index (κ3) is 4.04. The van der Waals surface area contributed by atoms with Crippen molar-refractivity contribution in [1.29, 1.82) is 0 Å². The first-order chi connectivity index (χ1) is 11.7. The summed E-state index contributed by atoms with van der Waals surface area (Å²) in [6.07, 6.45) is 1.30. The second-order valence-electron chi connectivity index (χ2n) is 5.04. The Kier molecular flexibility index (Phi) is 5.31. The van der Waals surface area contributed by atoms with Crippen LogP contribution >= 0.6 is 23.1 Å². The van der Waals surface area contributed by atoms with Crippen molar-refractivity contribution in [2.45, 2.75) is 30.2 Å². The second kappa shape index (κ2) is 7.63. The van der Waals surface area contributed by atoms with Crippen molar-refractivity contribution >= 4 is 45.2 Å². The molecule has 3 aromatic rings. The van der Waals surface area contributed by atoms with E-state index in [2.05, 4.69) is 20.5 Å². The van der Waals surface area contributed by atoms with E-state index in [1.807, 2.05) is 31.2 Å². The number of nitrogen functional groups attached to an aromatic ring is 1. The molecule has 0 fully saturated rings. The standard InChI is InChI=1S/C15H17N5O2S2/c1-2-11(13(21)17-8-7-12-19-20-14(16)24-12)23-15-18-9-5-3-4-6-10(9)22-15/h3-6,11H,2,7-8H2,1H3,(H2,16,20)(H,17,21). The summed E-state index contributed by atoms with van der Waals surface area (Å²) < 4.78 is 5.67. The molecule has 126 valence electrons. The second-order valence-corrected chi connectivity index (χ2v) is 7.28. The SMILES string of the molecule is CCC(Sc1nc2ccccc2o1)C(=O)NCCc1nnc(N)s1. The van der Waals surface area contributed by atoms with E-state index >= 15 is 0 Å². The Bertz CT molecular complexity index is 799. The van der Waals surface area contributed by atoms with Gasteiger partial charge in [-0.25, -0.2) is 4.98 Å². The zero-order chi connectivity index (χ0) is 16.9. The number of nitrogens with two attached hydrogens (primary N) is 1. The summed E-state index contributed by atoms with van der Waals surface area (Å²) in [5, 5.41) is 12.1. The van der Waals surface area contributed by atoms with E-state index in [0.29, 0.717) is 29.7 Å². The molecule has 1 amide bonds. The van der Waals surface area contributed by atoms with Crippen LogP contribution in [0.25, 0.3) is 11.1 Å². The number of aromatic nitrogens is 3. The molecule has 1 aromatic carbocycles. The highest BCUT2D eigenvalue weighted by molar-refractivity contribution is 8.00. The Balaban J connectivity index is 1.55. The van der Waals surface area contributed by atoms with Crippen LogP contribution in [0.15, 0.2) is 33.9 Å². The van der Waals surface area contributed by atoms with Crippen LogP contribution in [0.4, 0.5) is 5.13 Å². The maximum Gasteiger partial charge on any atom is 0.257 e. The van der Waals surface area contributed by atoms with Gasteiger partial charge in [0.2, 0.25) is 11.0 Å². The summed E-state index contributed by atoms with van der Waals surface area (Å²) in [7, 11) is 0. The van der Waals surface area contributed by atoms with Crippen molar-refractivity contribution in [3.05, 3.63) is 29.3 Å². The quantitative estimate of drug-likeness (QED) is 0.621. The predicted molar refractivity (Wildman–Crippen MR) is 95.0 cm³/mol. The topological polar surface area (TPSA) is 107 Å². The number of carbonyl (C=O) groups is 1. The monoisotopic (exact) mass is 363 g/mol. The van der Waals surface area contributed by atoms with Crippen LogP contribution in [0, 0.1) is 0 Å². The summed E-state index contributed by atoms with van der Waals surface area (Å²) in [6.45, 7) is 2.46. The van der Waals surface area contributed by atoms with Crippen molar-refractivity contribution in [2.24, 2.45) is 0 Å². The van der Waals surface area contributed by atoms with Crippen molar-refractivity contribution in [1.82, 2.24) is 20.5 Å². The molecule has 2 heterocycles. The number of oxazole rings is 1. The van der Waals surface area contributed by atoms with E-state index in [1.165, 1.54) is 23.1 Å². The molecule has 1 unspecified atom stereocenters. The highest BCUT2D eigenvalue weighted by Crippen LogP contribution is 2.28. The lowest BCUT2D eigenvalue weighted by molar-refractivity contribution is -0.120. The summed E-state index contributed by atoms with van der Waals surface area (Å²) >= 11 is 2.67. The normalized spacial score (nSPS) is 12.4. The zero-order valence-corrected chi connectivity index (χ0v) is 14.7. The van der Waals surface area contributed by atoms with Gasteiger partial charge in [-0.15, -0.1) is 10.2 Å². The minimum Gasteiger partial charge on any atom is -0.431 e. The number of para-hydroxylation sites is 2. The van der Waals surface area contributed by atoms with Crippen LogP contribution in [0.5, 0.6) is 0 Å². The lowest BCUT2D eigenvalue weighted by atomic mass is 10.3. The molecule has 0 bridgehead atoms. The van der Waals surface area contributed by atoms with Crippen LogP contribution in [-0.4, -0.2) is 32.9 Å². The van der Waals surface area contributed by atoms with E-state index in [9.17, 15) is 4.79 Å². The summed E-state index contributed by atoms with van der Waals surface area (Å²) in [5.74, 6) is -0.0396. The molecule has 0 aliphatic heterocycles. The molecule has 0 spiro atoms. The first kappa shape index (κ1) is 16.7. The number of hydrogen-bond acceptors (Lipinski definition) is 8. The largest absolute Gasteiger partial charge is 0.431 e. The molecule has 3 N–H and O–H groups in total. The predicted octanol–water partition coefficient (Wildman–Crippen LogP) is 2.49. The van der Waals surface area contributed by atoms with Gasteiger partial charge in [0.15, 0.2) is 5.58 Å². The van der Waals surface area contributed by atoms with Crippen molar-refractivity contribution in [3.63, 3.8) is 0 Å². The fraction of sp³-hybridized carbons (Fsp3) is 0.333. The molecule has 2 aromatic heterocycles. The highest BCUT2D eigenvalue weighted by Gasteiger charge is 2.20. The third-order valence-electron chi connectivity index (χ3n) is 3.30. The average Bonchev–Trinajstić information content (AvgIpc) is 3.17. The number of benzene rings is 1. The van der Waals surface area contributed by atoms with Crippen LogP contribution in [0.3, 0.4) is 0 Å². The number of thioether (sulfide) groups is 1. The number of carbonyl (C=O) groups excluding carboxylic acids is 1. The maximum atomic E-state index is 12.3. The smallest absolute Gasteiger partial charge is 0.257 e. The number of amides is 1. The zero-order valence-electron chi connectivity index (χ0n) is 13.1. The fourth-order valence-electron chi connectivity index (χ4n) is 2.12. The fourth-order valence-corrected chi connectivity index (χ4v) is 3.62. The lowest BCUT2D eigenvalue weighted by Crippen LogP contribution is -2.33. The van der Waals surface area contributed by atoms with Crippen molar-refractivity contribution in [2.75, 3.05) is 12.3 Å². The van der Waals surface area contributed by atoms with Gasteiger partial charge in [0, 0.05) is 13.0 Å². The van der Waals surface area contributed by atoms with Crippen LogP contribution in [0.1, 0.15) is 18.4 Å². The molecular weight excluding hydrogens is 346 g/mol. The molecule has 1 atom stereocenters. The van der Waals surface area contributed by atoms with E-state index in [1.54, 1.807) is 0 Å². The van der Waals surface area contributed by atoms with Crippen LogP contribution < -0.4 is 11.1 Å². The Morgan fingerprint density at radius 2 is 2.25 bits per heavy atom. The van der Waals surface area contributed by atoms with E-state index in [-0.39, 0.29) is 11.2 Å². The van der Waals surface area contributed by atoms with E-state index in [4.69, 9.17) is 10.2 Å². The first-order valence-electron chi connectivity index (χ1n) is 7.53. The van der Waals surface area contributed by atoms with Gasteiger partial charge >= 0.3 is 0 Å². The van der Waals surface area contributed by atoms with Gasteiger partial charge in [0.1, 0.15) is 10.5 Å². The van der Waals surface area contributed by atoms with Gasteiger partial charge < -0.3 is 15.5 Å². The van der Waals surface area contributed by atoms with Gasteiger partial charge in [-0.3, -0.25) is 4.79 Å². The average molecular weight is 363 g/mol. The van der Waals surface area contributed by atoms with Gasteiger partial charge in [-0.05, 0) is 18.6 Å². The summed E-state index contributed by atoms with van der Waals surface area (Å²) in [5.41, 5.74) is 7.06. The minimum absolute atomic E-state index is 0.0396. The molecule has 0 aliphatic carbocycles. The van der Waals surface area contributed by atoms with Crippen molar-refractivity contribution in [3.8, 4) is 0 Å². The van der Waals surface area contributed by atoms with Gasteiger partial charge in [0.25, 0.3) is 5.22 Å². The Hall–Kier alpha value is -2.13. The van der Waals surface area contributed by atoms with E-state index < -0.39 is 0 Å². The Morgan fingerprint density at radius 3 is 2.96 bits per heavy atom. The third-order valence-corrected chi connectivity index (χ3v) is 5.32. The molecule has 0 saturated carbocycles. The molecule has 9 heteroatoms. The van der Waals surface area contributed by atoms with Crippen molar-refractivity contribution < 1.29 is 9.21 Å². The molecule has 0 radical (unpaired) electrons. The molecule has 3 rings (SSSR count). The molecule has 24 heavy (non-hydrogen) atoms. The highest BCUT2D eigenvalue weighted by atomic mass is 32.2. The molecule has 7 nitrogen and oxygen atoms in total. The number of anilines is 1. The van der Waals surface area contributed by atoms with E-state index in [0.717, 1.165) is 16.1 Å².